The Morgan fingerprint density at radius 2 is 2.30 bits per heavy atom. The number of nitrogens with zero attached hydrogens (tertiary/aromatic N) is 1. The molecule has 2 rings (SSSR count). The van der Waals surface area contributed by atoms with Gasteiger partial charge in [0, 0.05) is 16.9 Å². The molecule has 1 heterocycles. The second-order valence-electron chi connectivity index (χ2n) is 4.64. The molecule has 5 nitrogen and oxygen atoms in total. The molecule has 0 fully saturated rings. The highest BCUT2D eigenvalue weighted by molar-refractivity contribution is 6.30. The van der Waals surface area contributed by atoms with Gasteiger partial charge < -0.3 is 16.4 Å². The van der Waals surface area contributed by atoms with Crippen LogP contribution in [0.15, 0.2) is 41.5 Å². The number of rotatable bonds is 5. The third-order valence-corrected chi connectivity index (χ3v) is 3.41. The van der Waals surface area contributed by atoms with E-state index in [1.165, 1.54) is 0 Å². The normalized spacial score (nSPS) is 21.2. The van der Waals surface area contributed by atoms with Crippen molar-refractivity contribution in [2.24, 2.45) is 10.7 Å². The van der Waals surface area contributed by atoms with Crippen LogP contribution < -0.4 is 21.7 Å². The van der Waals surface area contributed by atoms with Crippen LogP contribution in [0.2, 0.25) is 5.02 Å². The number of halogens is 1. The number of hydrogen-bond donors (Lipinski definition) is 4. The molecule has 0 saturated carbocycles. The number of anilines is 1. The highest BCUT2D eigenvalue weighted by atomic mass is 35.5. The first kappa shape index (κ1) is 14.8. The molecule has 108 valence electrons. The first-order valence-corrected chi connectivity index (χ1v) is 7.01. The summed E-state index contributed by atoms with van der Waals surface area (Å²) in [4.78, 5) is 4.69. The van der Waals surface area contributed by atoms with E-state index in [-0.39, 0.29) is 0 Å². The molecule has 1 atom stereocenters. The summed E-state index contributed by atoms with van der Waals surface area (Å²) >= 11 is 5.97. The Hall–Kier alpha value is -1.56. The summed E-state index contributed by atoms with van der Waals surface area (Å²) < 4.78 is 0. The topological polar surface area (TPSA) is 74.5 Å². The molecule has 0 amide bonds. The van der Waals surface area contributed by atoms with Crippen LogP contribution in [0, 0.1) is 0 Å². The van der Waals surface area contributed by atoms with Gasteiger partial charge in [-0.05, 0) is 50.7 Å². The van der Waals surface area contributed by atoms with Gasteiger partial charge in [-0.15, -0.1) is 0 Å². The quantitative estimate of drug-likeness (QED) is 0.669. The number of nitrogens with one attached hydrogen (secondary N) is 3. The average Bonchev–Trinajstić information content (AvgIpc) is 2.45. The van der Waals surface area contributed by atoms with E-state index in [9.17, 15) is 0 Å². The Labute approximate surface area is 124 Å². The van der Waals surface area contributed by atoms with E-state index < -0.39 is 5.66 Å². The lowest BCUT2D eigenvalue weighted by Crippen LogP contribution is -2.46. The van der Waals surface area contributed by atoms with Crippen molar-refractivity contribution in [3.05, 3.63) is 41.6 Å². The number of hydrogen-bond acceptors (Lipinski definition) is 5. The van der Waals surface area contributed by atoms with Crippen molar-refractivity contribution in [3.63, 3.8) is 0 Å². The van der Waals surface area contributed by atoms with Gasteiger partial charge in [0.15, 0.2) is 0 Å². The number of aliphatic imine (C=N–C) groups is 1. The van der Waals surface area contributed by atoms with Crippen LogP contribution in [0.3, 0.4) is 0 Å². The van der Waals surface area contributed by atoms with Gasteiger partial charge in [0.1, 0.15) is 5.66 Å². The SMILES string of the molecule is CNC1(CCCN)C=CNC(Nc2cccc(Cl)c2)=N1. The zero-order valence-electron chi connectivity index (χ0n) is 11.5. The standard InChI is InChI=1S/C14H20ClN5/c1-17-14(6-3-8-16)7-9-18-13(20-14)19-12-5-2-4-11(15)10-12/h2,4-5,7,9-10,17H,3,6,8,16H2,1H3,(H2,18,19,20). The number of guanidine groups is 1. The van der Waals surface area contributed by atoms with Gasteiger partial charge in [-0.2, -0.15) is 0 Å². The summed E-state index contributed by atoms with van der Waals surface area (Å²) in [5, 5.41) is 10.2. The van der Waals surface area contributed by atoms with E-state index in [0.717, 1.165) is 18.5 Å². The van der Waals surface area contributed by atoms with Crippen molar-refractivity contribution < 1.29 is 0 Å². The molecule has 0 saturated heterocycles. The van der Waals surface area contributed by atoms with Crippen LogP contribution in [0.5, 0.6) is 0 Å². The fourth-order valence-corrected chi connectivity index (χ4v) is 2.26. The summed E-state index contributed by atoms with van der Waals surface area (Å²) in [5.74, 6) is 0.682. The molecule has 0 spiro atoms. The summed E-state index contributed by atoms with van der Waals surface area (Å²) in [6.45, 7) is 0.650. The Balaban J connectivity index is 2.13. The van der Waals surface area contributed by atoms with Gasteiger partial charge in [0.2, 0.25) is 5.96 Å². The maximum absolute atomic E-state index is 5.97. The highest BCUT2D eigenvalue weighted by Gasteiger charge is 2.26. The summed E-state index contributed by atoms with van der Waals surface area (Å²) in [6, 6.07) is 7.52. The zero-order chi connectivity index (χ0) is 14.4. The van der Waals surface area contributed by atoms with E-state index in [0.29, 0.717) is 17.5 Å². The third-order valence-electron chi connectivity index (χ3n) is 3.17. The fraction of sp³-hybridized carbons (Fsp3) is 0.357. The minimum Gasteiger partial charge on any atom is -0.333 e. The largest absolute Gasteiger partial charge is 0.333 e. The number of benzene rings is 1. The lowest BCUT2D eigenvalue weighted by atomic mass is 10.0. The van der Waals surface area contributed by atoms with Crippen molar-refractivity contribution in [1.82, 2.24) is 10.6 Å². The number of likely N-dealkylation sites (N-methyl/N-ethyl adjacent to an activating group) is 1. The van der Waals surface area contributed by atoms with E-state index in [4.69, 9.17) is 22.3 Å². The Kier molecular flexibility index (Phi) is 5.00. The molecule has 1 aliphatic rings. The highest BCUT2D eigenvalue weighted by Crippen LogP contribution is 2.20. The van der Waals surface area contributed by atoms with Crippen molar-refractivity contribution in [2.45, 2.75) is 18.5 Å². The lowest BCUT2D eigenvalue weighted by Gasteiger charge is -2.30. The Morgan fingerprint density at radius 3 is 3.00 bits per heavy atom. The predicted molar refractivity (Wildman–Crippen MR) is 84.9 cm³/mol. The van der Waals surface area contributed by atoms with Gasteiger partial charge in [-0.25, -0.2) is 4.99 Å². The van der Waals surface area contributed by atoms with Crippen LogP contribution in [0.25, 0.3) is 0 Å². The monoisotopic (exact) mass is 293 g/mol. The lowest BCUT2D eigenvalue weighted by molar-refractivity contribution is 0.407. The van der Waals surface area contributed by atoms with Crippen molar-refractivity contribution in [1.29, 1.82) is 0 Å². The number of nitrogens with two attached hydrogens (primary N) is 1. The molecule has 20 heavy (non-hydrogen) atoms. The second-order valence-corrected chi connectivity index (χ2v) is 5.08. The van der Waals surface area contributed by atoms with E-state index >= 15 is 0 Å². The summed E-state index contributed by atoms with van der Waals surface area (Å²) in [5.41, 5.74) is 6.07. The average molecular weight is 294 g/mol. The summed E-state index contributed by atoms with van der Waals surface area (Å²) in [7, 11) is 1.90. The predicted octanol–water partition coefficient (Wildman–Crippen LogP) is 1.88. The first-order chi connectivity index (χ1) is 9.67. The molecule has 0 aliphatic carbocycles. The van der Waals surface area contributed by atoms with Crippen molar-refractivity contribution in [3.8, 4) is 0 Å². The van der Waals surface area contributed by atoms with Crippen LogP contribution in [-0.2, 0) is 0 Å². The van der Waals surface area contributed by atoms with Gasteiger partial charge in [-0.1, -0.05) is 17.7 Å². The van der Waals surface area contributed by atoms with Crippen LogP contribution in [0.4, 0.5) is 5.69 Å². The molecule has 0 radical (unpaired) electrons. The molecule has 1 unspecified atom stereocenters. The van der Waals surface area contributed by atoms with Crippen LogP contribution >= 0.6 is 11.6 Å². The minimum atomic E-state index is -0.411. The third kappa shape index (κ3) is 3.72. The Bertz CT molecular complexity index is 514. The van der Waals surface area contributed by atoms with Crippen molar-refractivity contribution in [2.75, 3.05) is 18.9 Å². The minimum absolute atomic E-state index is 0.411. The summed E-state index contributed by atoms with van der Waals surface area (Å²) in [6.07, 6.45) is 5.64. The van der Waals surface area contributed by atoms with Gasteiger partial charge >= 0.3 is 0 Å². The van der Waals surface area contributed by atoms with Gasteiger partial charge in [0.05, 0.1) is 0 Å². The molecule has 0 bridgehead atoms. The molecule has 6 heteroatoms. The fourth-order valence-electron chi connectivity index (χ4n) is 2.07. The maximum atomic E-state index is 5.97. The molecule has 1 aromatic carbocycles. The van der Waals surface area contributed by atoms with Gasteiger partial charge in [-0.3, -0.25) is 5.32 Å². The van der Waals surface area contributed by atoms with Crippen LogP contribution in [-0.4, -0.2) is 25.2 Å². The molecule has 1 aliphatic heterocycles. The molecule has 1 aromatic rings. The van der Waals surface area contributed by atoms with Crippen molar-refractivity contribution >= 4 is 23.2 Å². The molecular formula is C14H20ClN5. The van der Waals surface area contributed by atoms with E-state index in [2.05, 4.69) is 16.0 Å². The zero-order valence-corrected chi connectivity index (χ0v) is 12.2. The maximum Gasteiger partial charge on any atom is 0.202 e. The Morgan fingerprint density at radius 1 is 1.45 bits per heavy atom. The molecule has 5 N–H and O–H groups in total. The second kappa shape index (κ2) is 6.74. The first-order valence-electron chi connectivity index (χ1n) is 6.63. The van der Waals surface area contributed by atoms with E-state index in [1.807, 2.05) is 43.6 Å². The van der Waals surface area contributed by atoms with Crippen LogP contribution in [0.1, 0.15) is 12.8 Å². The molecule has 0 aromatic heterocycles. The van der Waals surface area contributed by atoms with Gasteiger partial charge in [0.25, 0.3) is 0 Å². The van der Waals surface area contributed by atoms with E-state index in [1.54, 1.807) is 0 Å². The molecular weight excluding hydrogens is 274 g/mol. The smallest absolute Gasteiger partial charge is 0.202 e.